The summed E-state index contributed by atoms with van der Waals surface area (Å²) in [7, 11) is -2.90. The van der Waals surface area contributed by atoms with Crippen LogP contribution in [0.2, 0.25) is 0 Å². The molecule has 0 saturated carbocycles. The highest BCUT2D eigenvalue weighted by Crippen LogP contribution is 2.29. The summed E-state index contributed by atoms with van der Waals surface area (Å²) < 4.78 is 25.0. The zero-order valence-electron chi connectivity index (χ0n) is 17.5. The van der Waals surface area contributed by atoms with Gasteiger partial charge in [0, 0.05) is 30.4 Å². The van der Waals surface area contributed by atoms with E-state index in [0.29, 0.717) is 12.2 Å². The zero-order valence-corrected chi connectivity index (χ0v) is 18.3. The molecule has 2 N–H and O–H groups in total. The molecule has 0 bridgehead atoms. The molecule has 7 heteroatoms. The highest BCUT2D eigenvalue weighted by Gasteiger charge is 2.17. The number of aromatic nitrogens is 3. The average Bonchev–Trinajstić information content (AvgIpc) is 3.04. The van der Waals surface area contributed by atoms with E-state index in [1.54, 1.807) is 0 Å². The van der Waals surface area contributed by atoms with Gasteiger partial charge in [-0.15, -0.1) is 0 Å². The number of aryl methyl sites for hydroxylation is 2. The molecule has 3 rings (SSSR count). The lowest BCUT2D eigenvalue weighted by molar-refractivity contribution is 0.567. The van der Waals surface area contributed by atoms with Crippen molar-refractivity contribution in [3.8, 4) is 0 Å². The number of unbranched alkanes of at least 4 members (excludes halogenated alkanes) is 5. The second-order valence-electron chi connectivity index (χ2n) is 7.89. The highest BCUT2D eigenvalue weighted by molar-refractivity contribution is 7.90. The Morgan fingerprint density at radius 3 is 2.52 bits per heavy atom. The molecule has 0 fully saturated rings. The maximum absolute atomic E-state index is 11.4. The quantitative estimate of drug-likeness (QED) is 0.465. The first kappa shape index (κ1) is 21.6. The van der Waals surface area contributed by atoms with E-state index in [4.69, 9.17) is 10.7 Å². The minimum absolute atomic E-state index is 0.251. The fraction of sp³-hybridized carbons (Fsp3) is 0.545. The maximum Gasteiger partial charge on any atom is 0.152 e. The standard InChI is InChI=1S/C22H32N4O2S/c1-3-4-5-7-14-19-25-20-21(17-12-8-9-13-18(17)24-22(20)23)26(19)15-10-6-11-16-29(2,27)28/h8-9,12-13H,3-7,10-11,14-16H2,1-2H3,(H2,23,24). The van der Waals surface area contributed by atoms with Crippen molar-refractivity contribution < 1.29 is 8.42 Å². The van der Waals surface area contributed by atoms with Gasteiger partial charge < -0.3 is 10.3 Å². The average molecular weight is 417 g/mol. The molecule has 29 heavy (non-hydrogen) atoms. The summed E-state index contributed by atoms with van der Waals surface area (Å²) in [5.41, 5.74) is 8.97. The minimum atomic E-state index is -2.90. The number of fused-ring (bicyclic) bond motifs is 3. The first-order valence-corrected chi connectivity index (χ1v) is 12.7. The summed E-state index contributed by atoms with van der Waals surface area (Å²) in [6, 6.07) is 8.05. The van der Waals surface area contributed by atoms with Crippen molar-refractivity contribution in [2.45, 2.75) is 64.8 Å². The lowest BCUT2D eigenvalue weighted by Crippen LogP contribution is -2.07. The summed E-state index contributed by atoms with van der Waals surface area (Å²) >= 11 is 0. The molecule has 0 radical (unpaired) electrons. The molecule has 2 aromatic heterocycles. The minimum Gasteiger partial charge on any atom is -0.382 e. The number of nitrogens with two attached hydrogens (primary N) is 1. The number of hydrogen-bond donors (Lipinski definition) is 1. The van der Waals surface area contributed by atoms with Gasteiger partial charge >= 0.3 is 0 Å². The van der Waals surface area contributed by atoms with E-state index in [1.165, 1.54) is 25.5 Å². The van der Waals surface area contributed by atoms with Crippen LogP contribution in [0.4, 0.5) is 5.82 Å². The normalized spacial score (nSPS) is 12.2. The molecule has 158 valence electrons. The van der Waals surface area contributed by atoms with Gasteiger partial charge in [-0.25, -0.2) is 18.4 Å². The van der Waals surface area contributed by atoms with Crippen LogP contribution in [-0.2, 0) is 22.8 Å². The van der Waals surface area contributed by atoms with E-state index in [0.717, 1.165) is 60.0 Å². The van der Waals surface area contributed by atoms with Crippen LogP contribution < -0.4 is 5.73 Å². The predicted octanol–water partition coefficient (Wildman–Crippen LogP) is 4.50. The summed E-state index contributed by atoms with van der Waals surface area (Å²) in [5, 5.41) is 1.07. The second kappa shape index (κ2) is 9.57. The summed E-state index contributed by atoms with van der Waals surface area (Å²) in [4.78, 5) is 9.42. The monoisotopic (exact) mass is 416 g/mol. The SMILES string of the molecule is CCCCCCc1nc2c(N)nc3ccccc3c2n1CCCCCS(C)(=O)=O. The maximum atomic E-state index is 11.4. The van der Waals surface area contributed by atoms with E-state index in [9.17, 15) is 8.42 Å². The molecule has 0 saturated heterocycles. The second-order valence-corrected chi connectivity index (χ2v) is 10.2. The summed E-state index contributed by atoms with van der Waals surface area (Å²) in [6.07, 6.45) is 9.45. The molecule has 2 heterocycles. The number of rotatable bonds is 11. The molecular weight excluding hydrogens is 384 g/mol. The number of nitrogens with zero attached hydrogens (tertiary/aromatic N) is 3. The van der Waals surface area contributed by atoms with Crippen molar-refractivity contribution in [3.05, 3.63) is 30.1 Å². The Hall–Kier alpha value is -2.15. The Labute approximate surface area is 173 Å². The van der Waals surface area contributed by atoms with Gasteiger partial charge in [-0.2, -0.15) is 0 Å². The Morgan fingerprint density at radius 2 is 1.76 bits per heavy atom. The van der Waals surface area contributed by atoms with Crippen LogP contribution >= 0.6 is 0 Å². The van der Waals surface area contributed by atoms with Gasteiger partial charge in [0.2, 0.25) is 0 Å². The third-order valence-corrected chi connectivity index (χ3v) is 6.37. The number of imidazole rings is 1. The van der Waals surface area contributed by atoms with Gasteiger partial charge in [0.05, 0.1) is 11.0 Å². The number of pyridine rings is 1. The smallest absolute Gasteiger partial charge is 0.152 e. The van der Waals surface area contributed by atoms with Crippen LogP contribution in [0.25, 0.3) is 21.9 Å². The first-order valence-electron chi connectivity index (χ1n) is 10.6. The summed E-state index contributed by atoms with van der Waals surface area (Å²) in [6.45, 7) is 3.03. The van der Waals surface area contributed by atoms with Crippen LogP contribution in [0, 0.1) is 0 Å². The van der Waals surface area contributed by atoms with Crippen molar-refractivity contribution in [2.75, 3.05) is 17.7 Å². The molecule has 3 aromatic rings. The van der Waals surface area contributed by atoms with Crippen molar-refractivity contribution in [1.29, 1.82) is 0 Å². The molecule has 0 aliphatic heterocycles. The number of para-hydroxylation sites is 1. The van der Waals surface area contributed by atoms with Gasteiger partial charge in [-0.3, -0.25) is 0 Å². The van der Waals surface area contributed by atoms with Crippen LogP contribution in [0.3, 0.4) is 0 Å². The molecular formula is C22H32N4O2S. The van der Waals surface area contributed by atoms with Crippen molar-refractivity contribution >= 4 is 37.6 Å². The molecule has 0 aliphatic rings. The predicted molar refractivity (Wildman–Crippen MR) is 121 cm³/mol. The van der Waals surface area contributed by atoms with Crippen LogP contribution in [0.1, 0.15) is 57.7 Å². The first-order chi connectivity index (χ1) is 13.9. The fourth-order valence-corrected chi connectivity index (χ4v) is 4.59. The highest BCUT2D eigenvalue weighted by atomic mass is 32.2. The number of benzene rings is 1. The Balaban J connectivity index is 1.90. The van der Waals surface area contributed by atoms with E-state index >= 15 is 0 Å². The molecule has 6 nitrogen and oxygen atoms in total. The van der Waals surface area contributed by atoms with E-state index in [2.05, 4.69) is 22.5 Å². The van der Waals surface area contributed by atoms with Crippen LogP contribution in [0.15, 0.2) is 24.3 Å². The van der Waals surface area contributed by atoms with Crippen LogP contribution in [-0.4, -0.2) is 35.0 Å². The topological polar surface area (TPSA) is 90.9 Å². The number of hydrogen-bond acceptors (Lipinski definition) is 5. The van der Waals surface area contributed by atoms with E-state index < -0.39 is 9.84 Å². The lowest BCUT2D eigenvalue weighted by atomic mass is 10.1. The number of nitrogen functional groups attached to an aromatic ring is 1. The van der Waals surface area contributed by atoms with E-state index in [1.807, 2.05) is 18.2 Å². The molecule has 1 aromatic carbocycles. The van der Waals surface area contributed by atoms with Crippen LogP contribution in [0.5, 0.6) is 0 Å². The Kier molecular flexibility index (Phi) is 7.11. The van der Waals surface area contributed by atoms with Gasteiger partial charge in [0.25, 0.3) is 0 Å². The number of sulfone groups is 1. The van der Waals surface area contributed by atoms with Crippen molar-refractivity contribution in [3.63, 3.8) is 0 Å². The van der Waals surface area contributed by atoms with Crippen molar-refractivity contribution in [1.82, 2.24) is 14.5 Å². The molecule has 0 aliphatic carbocycles. The molecule has 0 spiro atoms. The Morgan fingerprint density at radius 1 is 1.00 bits per heavy atom. The lowest BCUT2D eigenvalue weighted by Gasteiger charge is -2.11. The van der Waals surface area contributed by atoms with Gasteiger partial charge in [-0.1, -0.05) is 50.8 Å². The van der Waals surface area contributed by atoms with E-state index in [-0.39, 0.29) is 5.75 Å². The van der Waals surface area contributed by atoms with Gasteiger partial charge in [-0.05, 0) is 25.3 Å². The fourth-order valence-electron chi connectivity index (χ4n) is 3.86. The van der Waals surface area contributed by atoms with Gasteiger partial charge in [0.1, 0.15) is 21.2 Å². The third kappa shape index (κ3) is 5.47. The third-order valence-electron chi connectivity index (χ3n) is 5.34. The molecule has 0 amide bonds. The van der Waals surface area contributed by atoms with Crippen molar-refractivity contribution in [2.24, 2.45) is 0 Å². The van der Waals surface area contributed by atoms with Gasteiger partial charge in [0.15, 0.2) is 5.82 Å². The Bertz CT molecular complexity index is 1070. The zero-order chi connectivity index (χ0) is 20.9. The molecule has 0 unspecified atom stereocenters. The largest absolute Gasteiger partial charge is 0.382 e. The number of anilines is 1. The molecule has 0 atom stereocenters. The summed E-state index contributed by atoms with van der Waals surface area (Å²) in [5.74, 6) is 1.79.